The van der Waals surface area contributed by atoms with Crippen molar-refractivity contribution in [1.82, 2.24) is 9.97 Å². The van der Waals surface area contributed by atoms with Crippen molar-refractivity contribution in [2.45, 2.75) is 46.3 Å². The van der Waals surface area contributed by atoms with Crippen LogP contribution >= 0.6 is 0 Å². The molecule has 0 aliphatic heterocycles. The van der Waals surface area contributed by atoms with Gasteiger partial charge in [0.1, 0.15) is 5.58 Å². The minimum Gasteiger partial charge on any atom is -0.501 e. The van der Waals surface area contributed by atoms with Crippen molar-refractivity contribution in [2.24, 2.45) is 5.92 Å². The van der Waals surface area contributed by atoms with Gasteiger partial charge >= 0.3 is 0 Å². The van der Waals surface area contributed by atoms with Crippen LogP contribution in [0.4, 0.5) is 0 Å². The Morgan fingerprint density at radius 3 is 1.98 bits per heavy atom. The van der Waals surface area contributed by atoms with Gasteiger partial charge in [0, 0.05) is 39.3 Å². The molecule has 0 saturated carbocycles. The second-order valence-electron chi connectivity index (χ2n) is 14.6. The van der Waals surface area contributed by atoms with Crippen LogP contribution in [0.15, 0.2) is 150 Å². The maximum atomic E-state index is 8.78. The Morgan fingerprint density at radius 1 is 0.660 bits per heavy atom. The predicted octanol–water partition coefficient (Wildman–Crippen LogP) is 12.6. The van der Waals surface area contributed by atoms with Gasteiger partial charge in [-0.2, -0.15) is 0 Å². The van der Waals surface area contributed by atoms with E-state index in [4.69, 9.17) is 5.79 Å². The number of hydrogen-bond acceptors (Lipinski definition) is 3. The van der Waals surface area contributed by atoms with E-state index in [-0.39, 0.29) is 26.0 Å². The molecule has 0 aliphatic carbocycles. The molecule has 3 nitrogen and oxygen atoms in total. The molecule has 53 heavy (non-hydrogen) atoms. The maximum absolute atomic E-state index is 8.78. The first-order valence-electron chi connectivity index (χ1n) is 18.4. The summed E-state index contributed by atoms with van der Waals surface area (Å²) in [5.41, 5.74) is 10.9. The van der Waals surface area contributed by atoms with Crippen molar-refractivity contribution in [2.75, 3.05) is 0 Å². The quantitative estimate of drug-likeness (QED) is 0.118. The fourth-order valence-electron chi connectivity index (χ4n) is 6.28. The first-order valence-corrected chi connectivity index (χ1v) is 21.4. The molecule has 0 bridgehead atoms. The van der Waals surface area contributed by atoms with Gasteiger partial charge in [-0.3, -0.25) is 0 Å². The van der Waals surface area contributed by atoms with Gasteiger partial charge in [0.05, 0.1) is 13.7 Å². The number of nitrogens with zero attached hydrogens (tertiary/aromatic N) is 2. The third kappa shape index (κ3) is 8.50. The Kier molecular flexibility index (Phi) is 11.3. The standard InChI is InChI=1S/C28H24NO.C20H20NSi.Ir/c1-18(2)19(3)21-14-15-29-26(16-21)25-11-7-10-24-23-13-12-22(17-27(23)30-28(24)25)20-8-5-4-6-9-20;1-22(2,3)19-13-14-20(21-15-19)18-11-9-17(10-12-18)16-7-5-4-6-8-16;/h4-10,12-19H,1-3H3;4-11,13-15H,1-3H3;/q2*-1;/i19D;;. The van der Waals surface area contributed by atoms with Crippen LogP contribution in [0.25, 0.3) is 66.7 Å². The van der Waals surface area contributed by atoms with E-state index in [1.807, 2.05) is 67.7 Å². The SMILES string of the molecule is C[Si](C)(C)c1ccc(-c2[c-]cc(-c3ccccc3)cc2)nc1.[2H]C(C)(c1ccnc(-c2[c-]ccc3c2oc2cc(-c4ccccc4)ccc23)c1)C(C)C.[Ir]. The number of hydrogen-bond donors (Lipinski definition) is 0. The smallest absolute Gasteiger partial charge is 0.121 e. The minimum atomic E-state index is -1.28. The molecule has 1 atom stereocenters. The zero-order valence-electron chi connectivity index (χ0n) is 32.1. The van der Waals surface area contributed by atoms with Crippen molar-refractivity contribution in [3.63, 3.8) is 0 Å². The fraction of sp³-hybridized carbons (Fsp3) is 0.167. The molecule has 0 aliphatic rings. The fourth-order valence-corrected chi connectivity index (χ4v) is 7.31. The molecule has 267 valence electrons. The van der Waals surface area contributed by atoms with Gasteiger partial charge in [0.2, 0.25) is 0 Å². The summed E-state index contributed by atoms with van der Waals surface area (Å²) in [7, 11) is -1.28. The van der Waals surface area contributed by atoms with E-state index in [1.54, 1.807) is 6.20 Å². The van der Waals surface area contributed by atoms with Gasteiger partial charge in [-0.1, -0.05) is 159 Å². The van der Waals surface area contributed by atoms with E-state index in [1.165, 1.54) is 16.3 Å². The zero-order chi connectivity index (χ0) is 37.2. The van der Waals surface area contributed by atoms with Crippen molar-refractivity contribution < 1.29 is 25.9 Å². The van der Waals surface area contributed by atoms with E-state index >= 15 is 0 Å². The predicted molar refractivity (Wildman–Crippen MR) is 221 cm³/mol. The summed E-state index contributed by atoms with van der Waals surface area (Å²) in [4.78, 5) is 9.21. The summed E-state index contributed by atoms with van der Waals surface area (Å²) < 4.78 is 15.1. The van der Waals surface area contributed by atoms with Gasteiger partial charge in [-0.25, -0.2) is 0 Å². The largest absolute Gasteiger partial charge is 0.501 e. The molecule has 0 spiro atoms. The summed E-state index contributed by atoms with van der Waals surface area (Å²) in [6, 6.07) is 52.2. The summed E-state index contributed by atoms with van der Waals surface area (Å²) in [5, 5.41) is 3.51. The monoisotopic (exact) mass is 886 g/mol. The Hall–Kier alpha value is -4.93. The molecule has 8 aromatic rings. The molecule has 0 fully saturated rings. The van der Waals surface area contributed by atoms with E-state index < -0.39 is 14.0 Å². The van der Waals surface area contributed by atoms with Gasteiger partial charge in [-0.15, -0.1) is 48.0 Å². The van der Waals surface area contributed by atoms with Crippen molar-refractivity contribution in [3.05, 3.63) is 164 Å². The van der Waals surface area contributed by atoms with Crippen LogP contribution in [0.1, 0.15) is 33.6 Å². The molecule has 0 N–H and O–H groups in total. The normalized spacial score (nSPS) is 12.8. The summed E-state index contributed by atoms with van der Waals surface area (Å²) in [6.45, 7) is 13.1. The summed E-state index contributed by atoms with van der Waals surface area (Å²) >= 11 is 0. The molecule has 3 aromatic heterocycles. The number of aromatic nitrogens is 2. The van der Waals surface area contributed by atoms with Crippen molar-refractivity contribution in [1.29, 1.82) is 0 Å². The summed E-state index contributed by atoms with van der Waals surface area (Å²) in [5.74, 6) is -0.505. The third-order valence-corrected chi connectivity index (χ3v) is 11.7. The summed E-state index contributed by atoms with van der Waals surface area (Å²) in [6.07, 6.45) is 3.81. The number of pyridine rings is 2. The van der Waals surface area contributed by atoms with Crippen LogP contribution in [0, 0.1) is 18.1 Å². The van der Waals surface area contributed by atoms with Gasteiger partial charge in [0.15, 0.2) is 0 Å². The molecule has 5 aromatic carbocycles. The van der Waals surface area contributed by atoms with Crippen LogP contribution in [0.2, 0.25) is 19.6 Å². The number of rotatable bonds is 7. The van der Waals surface area contributed by atoms with Crippen LogP contribution in [0.5, 0.6) is 0 Å². The van der Waals surface area contributed by atoms with E-state index in [9.17, 15) is 0 Å². The van der Waals surface area contributed by atoms with Gasteiger partial charge in [-0.05, 0) is 51.6 Å². The average Bonchev–Trinajstić information content (AvgIpc) is 3.57. The topological polar surface area (TPSA) is 38.9 Å². The Bertz CT molecular complexity index is 2470. The molecule has 0 saturated heterocycles. The van der Waals surface area contributed by atoms with Crippen molar-refractivity contribution in [3.8, 4) is 44.8 Å². The molecule has 0 amide bonds. The van der Waals surface area contributed by atoms with E-state index in [0.717, 1.165) is 61.1 Å². The van der Waals surface area contributed by atoms with Gasteiger partial charge < -0.3 is 14.4 Å². The third-order valence-electron chi connectivity index (χ3n) is 9.70. The molecular formula is C48H44IrN2OSi-2. The van der Waals surface area contributed by atoms with E-state index in [0.29, 0.717) is 0 Å². The molecular weight excluding hydrogens is 841 g/mol. The van der Waals surface area contributed by atoms with Gasteiger partial charge in [0.25, 0.3) is 0 Å². The molecule has 3 heterocycles. The Labute approximate surface area is 330 Å². The number of fused-ring (bicyclic) bond motifs is 3. The second kappa shape index (κ2) is 16.4. The Balaban J connectivity index is 0.000000191. The zero-order valence-corrected chi connectivity index (χ0v) is 34.5. The molecule has 1 unspecified atom stereocenters. The number of furan rings is 1. The molecule has 8 rings (SSSR count). The van der Waals surface area contributed by atoms with Crippen LogP contribution in [-0.2, 0) is 20.1 Å². The second-order valence-corrected chi connectivity index (χ2v) is 19.7. The first-order chi connectivity index (χ1) is 25.5. The van der Waals surface area contributed by atoms with Crippen LogP contribution < -0.4 is 5.19 Å². The first kappa shape index (κ1) is 36.4. The maximum Gasteiger partial charge on any atom is 0.121 e. The van der Waals surface area contributed by atoms with Crippen molar-refractivity contribution >= 4 is 35.2 Å². The van der Waals surface area contributed by atoms with Crippen LogP contribution in [0.3, 0.4) is 0 Å². The van der Waals surface area contributed by atoms with Crippen LogP contribution in [-0.4, -0.2) is 18.0 Å². The molecule has 1 radical (unpaired) electrons. The molecule has 5 heteroatoms. The van der Waals surface area contributed by atoms with E-state index in [2.05, 4.69) is 134 Å². The Morgan fingerprint density at radius 2 is 1.36 bits per heavy atom. The minimum absolute atomic E-state index is 0. The average molecular weight is 886 g/mol. The number of benzene rings is 5.